The van der Waals surface area contributed by atoms with Gasteiger partial charge in [-0.15, -0.1) is 11.3 Å². The van der Waals surface area contributed by atoms with Crippen LogP contribution in [0.3, 0.4) is 0 Å². The summed E-state index contributed by atoms with van der Waals surface area (Å²) in [5, 5.41) is 7.01. The number of nitrogens with one attached hydrogen (secondary N) is 1. The van der Waals surface area contributed by atoms with Crippen LogP contribution in [0, 0.1) is 0 Å². The van der Waals surface area contributed by atoms with E-state index in [4.69, 9.17) is 4.98 Å². The van der Waals surface area contributed by atoms with Crippen molar-refractivity contribution in [1.82, 2.24) is 15.2 Å². The minimum Gasteiger partial charge on any atom is -0.345 e. The molecule has 1 N–H and O–H groups in total. The van der Waals surface area contributed by atoms with Crippen LogP contribution in [0.5, 0.6) is 0 Å². The highest BCUT2D eigenvalue weighted by molar-refractivity contribution is 7.13. The maximum Gasteiger partial charge on any atom is 0.185 e. The molecule has 2 saturated heterocycles. The van der Waals surface area contributed by atoms with Crippen molar-refractivity contribution in [2.75, 3.05) is 31.1 Å². The van der Waals surface area contributed by atoms with Crippen molar-refractivity contribution in [1.29, 1.82) is 0 Å². The van der Waals surface area contributed by atoms with Gasteiger partial charge in [0.1, 0.15) is 0 Å². The third-order valence-electron chi connectivity index (χ3n) is 4.55. The Kier molecular flexibility index (Phi) is 3.21. The number of rotatable bonds is 4. The summed E-state index contributed by atoms with van der Waals surface area (Å²) >= 11 is 1.82. The van der Waals surface area contributed by atoms with E-state index >= 15 is 0 Å². The van der Waals surface area contributed by atoms with E-state index in [1.54, 1.807) is 0 Å². The molecule has 3 fully saturated rings. The Morgan fingerprint density at radius 1 is 1.26 bits per heavy atom. The number of piperazine rings is 1. The molecule has 4 nitrogen and oxygen atoms in total. The molecular formula is C14H22N4S. The standard InChI is InChI=1S/C14H22N4S/c1-2-13-9-18(7-6-17(13)5-1)14-16-12(10-19-14)8-15-11-3-4-11/h10-11,13,15H,1-9H2. The molecule has 1 unspecified atom stereocenters. The predicted molar refractivity (Wildman–Crippen MR) is 78.8 cm³/mol. The van der Waals surface area contributed by atoms with Crippen molar-refractivity contribution in [3.8, 4) is 0 Å². The molecule has 3 heterocycles. The van der Waals surface area contributed by atoms with E-state index in [-0.39, 0.29) is 0 Å². The Hall–Kier alpha value is -0.650. The molecule has 0 amide bonds. The lowest BCUT2D eigenvalue weighted by Crippen LogP contribution is -2.50. The molecule has 1 aromatic rings. The lowest BCUT2D eigenvalue weighted by Gasteiger charge is -2.37. The first kappa shape index (κ1) is 12.1. The molecule has 4 rings (SSSR count). The first-order chi connectivity index (χ1) is 9.38. The Labute approximate surface area is 118 Å². The zero-order valence-corrected chi connectivity index (χ0v) is 12.2. The van der Waals surface area contributed by atoms with Crippen LogP contribution in [-0.2, 0) is 6.54 Å². The molecule has 104 valence electrons. The van der Waals surface area contributed by atoms with Crippen LogP contribution in [0.2, 0.25) is 0 Å². The van der Waals surface area contributed by atoms with Crippen LogP contribution in [0.15, 0.2) is 5.38 Å². The third-order valence-corrected chi connectivity index (χ3v) is 5.50. The van der Waals surface area contributed by atoms with Crippen molar-refractivity contribution >= 4 is 16.5 Å². The van der Waals surface area contributed by atoms with Crippen LogP contribution >= 0.6 is 11.3 Å². The van der Waals surface area contributed by atoms with E-state index in [1.165, 1.54) is 56.1 Å². The molecular weight excluding hydrogens is 256 g/mol. The predicted octanol–water partition coefficient (Wildman–Crippen LogP) is 1.68. The van der Waals surface area contributed by atoms with Gasteiger partial charge in [-0.3, -0.25) is 4.90 Å². The molecule has 19 heavy (non-hydrogen) atoms. The summed E-state index contributed by atoms with van der Waals surface area (Å²) in [4.78, 5) is 9.96. The molecule has 1 atom stereocenters. The summed E-state index contributed by atoms with van der Waals surface area (Å²) in [6.45, 7) is 5.82. The van der Waals surface area contributed by atoms with Gasteiger partial charge < -0.3 is 10.2 Å². The third kappa shape index (κ3) is 2.64. The van der Waals surface area contributed by atoms with Gasteiger partial charge in [-0.25, -0.2) is 4.98 Å². The highest BCUT2D eigenvalue weighted by Crippen LogP contribution is 2.28. The van der Waals surface area contributed by atoms with Crippen LogP contribution < -0.4 is 10.2 Å². The highest BCUT2D eigenvalue weighted by atomic mass is 32.1. The van der Waals surface area contributed by atoms with Gasteiger partial charge in [-0.1, -0.05) is 0 Å². The van der Waals surface area contributed by atoms with E-state index in [9.17, 15) is 0 Å². The molecule has 3 aliphatic rings. The Morgan fingerprint density at radius 3 is 3.11 bits per heavy atom. The lowest BCUT2D eigenvalue weighted by molar-refractivity contribution is 0.231. The van der Waals surface area contributed by atoms with Crippen molar-refractivity contribution in [2.45, 2.75) is 44.3 Å². The van der Waals surface area contributed by atoms with E-state index < -0.39 is 0 Å². The Bertz CT molecular complexity index is 442. The van der Waals surface area contributed by atoms with Crippen LogP contribution in [0.4, 0.5) is 5.13 Å². The van der Waals surface area contributed by atoms with E-state index in [1.807, 2.05) is 11.3 Å². The summed E-state index contributed by atoms with van der Waals surface area (Å²) in [6, 6.07) is 1.55. The van der Waals surface area contributed by atoms with Crippen molar-refractivity contribution in [3.05, 3.63) is 11.1 Å². The lowest BCUT2D eigenvalue weighted by atomic mass is 10.2. The average Bonchev–Trinajstić information content (AvgIpc) is 2.96. The van der Waals surface area contributed by atoms with Gasteiger partial charge in [0.25, 0.3) is 0 Å². The van der Waals surface area contributed by atoms with Crippen LogP contribution in [0.25, 0.3) is 0 Å². The molecule has 2 aliphatic heterocycles. The number of aromatic nitrogens is 1. The maximum absolute atomic E-state index is 4.81. The first-order valence-corrected chi connectivity index (χ1v) is 8.43. The fourth-order valence-electron chi connectivity index (χ4n) is 3.22. The van der Waals surface area contributed by atoms with E-state index in [0.717, 1.165) is 25.2 Å². The van der Waals surface area contributed by atoms with E-state index in [2.05, 4.69) is 20.5 Å². The summed E-state index contributed by atoms with van der Waals surface area (Å²) in [5.74, 6) is 0. The van der Waals surface area contributed by atoms with Gasteiger partial charge in [0.2, 0.25) is 0 Å². The monoisotopic (exact) mass is 278 g/mol. The largest absolute Gasteiger partial charge is 0.345 e. The Balaban J connectivity index is 1.38. The number of fused-ring (bicyclic) bond motifs is 1. The minimum atomic E-state index is 0.771. The average molecular weight is 278 g/mol. The molecule has 0 radical (unpaired) electrons. The second kappa shape index (κ2) is 5.04. The molecule has 1 aromatic heterocycles. The molecule has 0 aromatic carbocycles. The number of anilines is 1. The number of nitrogens with zero attached hydrogens (tertiary/aromatic N) is 3. The van der Waals surface area contributed by atoms with Crippen molar-refractivity contribution in [3.63, 3.8) is 0 Å². The fourth-order valence-corrected chi connectivity index (χ4v) is 4.09. The van der Waals surface area contributed by atoms with Crippen LogP contribution in [0.1, 0.15) is 31.4 Å². The number of thiazole rings is 1. The Morgan fingerprint density at radius 2 is 2.21 bits per heavy atom. The van der Waals surface area contributed by atoms with Gasteiger partial charge in [-0.2, -0.15) is 0 Å². The van der Waals surface area contributed by atoms with Gasteiger partial charge >= 0.3 is 0 Å². The second-order valence-corrected chi connectivity index (χ2v) is 6.89. The van der Waals surface area contributed by atoms with Crippen LogP contribution in [-0.4, -0.2) is 48.1 Å². The molecule has 0 spiro atoms. The van der Waals surface area contributed by atoms with Gasteiger partial charge in [-0.05, 0) is 32.2 Å². The summed E-state index contributed by atoms with van der Waals surface area (Å²) in [5.41, 5.74) is 1.22. The second-order valence-electron chi connectivity index (χ2n) is 6.05. The zero-order chi connectivity index (χ0) is 12.7. The molecule has 1 aliphatic carbocycles. The summed E-state index contributed by atoms with van der Waals surface area (Å²) in [7, 11) is 0. The fraction of sp³-hybridized carbons (Fsp3) is 0.786. The van der Waals surface area contributed by atoms with Gasteiger partial charge in [0, 0.05) is 43.6 Å². The summed E-state index contributed by atoms with van der Waals surface area (Å²) < 4.78 is 0. The topological polar surface area (TPSA) is 31.4 Å². The van der Waals surface area contributed by atoms with E-state index in [0.29, 0.717) is 0 Å². The normalized spacial score (nSPS) is 27.8. The SMILES string of the molecule is c1sc(N2CCN3CCCC3C2)nc1CNC1CC1. The molecule has 0 bridgehead atoms. The first-order valence-electron chi connectivity index (χ1n) is 7.55. The van der Waals surface area contributed by atoms with Crippen molar-refractivity contribution in [2.24, 2.45) is 0 Å². The zero-order valence-electron chi connectivity index (χ0n) is 11.3. The van der Waals surface area contributed by atoms with Gasteiger partial charge in [0.15, 0.2) is 5.13 Å². The maximum atomic E-state index is 4.81. The minimum absolute atomic E-state index is 0.771. The molecule has 1 saturated carbocycles. The summed E-state index contributed by atoms with van der Waals surface area (Å²) in [6.07, 6.45) is 5.45. The van der Waals surface area contributed by atoms with Crippen molar-refractivity contribution < 1.29 is 0 Å². The quantitative estimate of drug-likeness (QED) is 0.908. The number of hydrogen-bond donors (Lipinski definition) is 1. The smallest absolute Gasteiger partial charge is 0.185 e. The van der Waals surface area contributed by atoms with Gasteiger partial charge in [0.05, 0.1) is 5.69 Å². The molecule has 5 heteroatoms. The highest BCUT2D eigenvalue weighted by Gasteiger charge is 2.31. The number of hydrogen-bond acceptors (Lipinski definition) is 5.